The number of aromatic hydroxyl groups is 4. The van der Waals surface area contributed by atoms with Crippen molar-refractivity contribution < 1.29 is 74.4 Å². The monoisotopic (exact) mass is 610 g/mol. The summed E-state index contributed by atoms with van der Waals surface area (Å²) in [5, 5.41) is 102. The van der Waals surface area contributed by atoms with E-state index < -0.39 is 113 Å². The molecule has 3 aromatic rings. The van der Waals surface area contributed by atoms with Gasteiger partial charge in [-0.2, -0.15) is 0 Å². The van der Waals surface area contributed by atoms with Crippen LogP contribution in [0.4, 0.5) is 0 Å². The van der Waals surface area contributed by atoms with Gasteiger partial charge in [0, 0.05) is 17.7 Å². The molecule has 0 radical (unpaired) electrons. The summed E-state index contributed by atoms with van der Waals surface area (Å²) in [5.41, 5.74) is -1.35. The van der Waals surface area contributed by atoms with Crippen molar-refractivity contribution in [3.05, 3.63) is 40.6 Å². The molecule has 0 bridgehead atoms. The first kappa shape index (κ1) is 30.7. The molecule has 3 heterocycles. The Bertz CT molecular complexity index is 1540. The highest BCUT2D eigenvalue weighted by Gasteiger charge is 2.51. The predicted octanol–water partition coefficient (Wildman–Crippen LogP) is -1.69. The fraction of sp³-hybridized carbons (Fsp3) is 0.444. The van der Waals surface area contributed by atoms with Gasteiger partial charge >= 0.3 is 0 Å². The first-order valence-electron chi connectivity index (χ1n) is 13.0. The minimum absolute atomic E-state index is 0.0313. The number of benzene rings is 2. The standard InChI is InChI=1S/C27H30O16/c1-8-17(33)19(35)21(37)26(39-8)42-24-15(7-28)41-27(22(38)20(24)36)43-25-18(34)16-13(32)5-10(29)6-14(16)40-23(25)9-2-3-11(30)12(31)4-9/h2-6,8,15,17,19-22,24,26-33,35-38H,7H2,1H3/t8-,15+,17+,19+,20+,21+,22+,24+,26-,27-/m1/s1. The average Bonchev–Trinajstić information content (AvgIpc) is 2.96. The lowest BCUT2D eigenvalue weighted by Gasteiger charge is -2.45. The Balaban J connectivity index is 1.50. The highest BCUT2D eigenvalue weighted by molar-refractivity contribution is 5.88. The van der Waals surface area contributed by atoms with Crippen LogP contribution in [0.5, 0.6) is 28.7 Å². The van der Waals surface area contributed by atoms with Crippen LogP contribution >= 0.6 is 0 Å². The molecule has 0 amide bonds. The van der Waals surface area contributed by atoms with E-state index in [1.165, 1.54) is 13.0 Å². The van der Waals surface area contributed by atoms with Gasteiger partial charge in [-0.25, -0.2) is 0 Å². The summed E-state index contributed by atoms with van der Waals surface area (Å²) in [6.45, 7) is 0.550. The quantitative estimate of drug-likeness (QED) is 0.140. The molecule has 2 aliphatic rings. The summed E-state index contributed by atoms with van der Waals surface area (Å²) in [7, 11) is 0. The summed E-state index contributed by atoms with van der Waals surface area (Å²) < 4.78 is 28.0. The van der Waals surface area contributed by atoms with Crippen molar-refractivity contribution in [2.75, 3.05) is 6.61 Å². The van der Waals surface area contributed by atoms with Crippen molar-refractivity contribution in [2.45, 2.75) is 68.3 Å². The molecule has 43 heavy (non-hydrogen) atoms. The van der Waals surface area contributed by atoms with Crippen LogP contribution in [0.2, 0.25) is 0 Å². The molecule has 2 aliphatic heterocycles. The Morgan fingerprint density at radius 1 is 0.791 bits per heavy atom. The lowest BCUT2D eigenvalue weighted by atomic mass is 9.97. The molecular weight excluding hydrogens is 580 g/mol. The number of aliphatic hydroxyl groups is 6. The van der Waals surface area contributed by atoms with Crippen molar-refractivity contribution in [3.63, 3.8) is 0 Å². The van der Waals surface area contributed by atoms with Gasteiger partial charge in [0.2, 0.25) is 17.5 Å². The number of phenolic OH excluding ortho intramolecular Hbond substituents is 4. The van der Waals surface area contributed by atoms with Crippen LogP contribution in [0, 0.1) is 0 Å². The van der Waals surface area contributed by atoms with E-state index in [-0.39, 0.29) is 11.1 Å². The van der Waals surface area contributed by atoms with E-state index in [0.29, 0.717) is 0 Å². The maximum atomic E-state index is 13.6. The van der Waals surface area contributed by atoms with Gasteiger partial charge in [0.25, 0.3) is 0 Å². The lowest BCUT2D eigenvalue weighted by Crippen LogP contribution is -2.64. The minimum Gasteiger partial charge on any atom is -0.508 e. The van der Waals surface area contributed by atoms with Crippen LogP contribution in [0.1, 0.15) is 6.92 Å². The number of fused-ring (bicyclic) bond motifs is 1. The molecule has 2 saturated heterocycles. The zero-order valence-electron chi connectivity index (χ0n) is 22.3. The summed E-state index contributed by atoms with van der Waals surface area (Å²) in [6.07, 6.45) is -16.4. The molecule has 16 nitrogen and oxygen atoms in total. The van der Waals surface area contributed by atoms with Crippen LogP contribution in [0.15, 0.2) is 39.5 Å². The van der Waals surface area contributed by atoms with Gasteiger partial charge in [0.15, 0.2) is 23.5 Å². The van der Waals surface area contributed by atoms with Gasteiger partial charge < -0.3 is 74.4 Å². The topological polar surface area (TPSA) is 269 Å². The third kappa shape index (κ3) is 5.55. The van der Waals surface area contributed by atoms with Crippen LogP contribution in [-0.4, -0.2) is 119 Å². The van der Waals surface area contributed by atoms with Crippen molar-refractivity contribution in [1.82, 2.24) is 0 Å². The maximum absolute atomic E-state index is 13.6. The van der Waals surface area contributed by atoms with Gasteiger partial charge in [-0.15, -0.1) is 0 Å². The number of hydrogen-bond donors (Lipinski definition) is 10. The van der Waals surface area contributed by atoms with Crippen LogP contribution in [0.25, 0.3) is 22.3 Å². The molecule has 5 rings (SSSR count). The van der Waals surface area contributed by atoms with Crippen molar-refractivity contribution in [3.8, 4) is 40.1 Å². The van der Waals surface area contributed by atoms with E-state index in [2.05, 4.69) is 0 Å². The highest BCUT2D eigenvalue weighted by atomic mass is 16.7. The van der Waals surface area contributed by atoms with Gasteiger partial charge in [0.1, 0.15) is 65.2 Å². The molecule has 16 heteroatoms. The molecule has 2 fully saturated rings. The molecule has 0 spiro atoms. The summed E-state index contributed by atoms with van der Waals surface area (Å²) in [5.74, 6) is -3.33. The molecule has 0 saturated carbocycles. The molecule has 234 valence electrons. The van der Waals surface area contributed by atoms with Crippen molar-refractivity contribution >= 4 is 11.0 Å². The Kier molecular flexibility index (Phi) is 8.41. The SMILES string of the molecule is C[C@H]1O[C@H](O[C@@H]2[C@@H](O)[C@H](O)[C@@H](Oc3c(-c4ccc(O)c(O)c4)oc4cc(O)cc(O)c4c3=O)O[C@H]2CO)[C@@H](O)[C@@H](O)[C@H]1O. The van der Waals surface area contributed by atoms with E-state index in [0.717, 1.165) is 24.3 Å². The van der Waals surface area contributed by atoms with Gasteiger partial charge in [-0.05, 0) is 25.1 Å². The summed E-state index contributed by atoms with van der Waals surface area (Å²) in [4.78, 5) is 13.6. The lowest BCUT2D eigenvalue weighted by molar-refractivity contribution is -0.349. The summed E-state index contributed by atoms with van der Waals surface area (Å²) in [6, 6.07) is 5.24. The smallest absolute Gasteiger partial charge is 0.239 e. The number of aliphatic hydroxyl groups excluding tert-OH is 6. The zero-order valence-corrected chi connectivity index (χ0v) is 22.3. The molecular formula is C27H30O16. The van der Waals surface area contributed by atoms with Gasteiger partial charge in [-0.3, -0.25) is 4.79 Å². The normalized spacial score (nSPS) is 33.0. The first-order valence-corrected chi connectivity index (χ1v) is 13.0. The fourth-order valence-corrected chi connectivity index (χ4v) is 4.94. The predicted molar refractivity (Wildman–Crippen MR) is 140 cm³/mol. The minimum atomic E-state index is -1.99. The Hall–Kier alpha value is -3.71. The molecule has 10 N–H and O–H groups in total. The van der Waals surface area contributed by atoms with Gasteiger partial charge in [0.05, 0.1) is 12.7 Å². The van der Waals surface area contributed by atoms with Crippen LogP contribution in [-0.2, 0) is 14.2 Å². The number of hydrogen-bond acceptors (Lipinski definition) is 16. The van der Waals surface area contributed by atoms with E-state index in [4.69, 9.17) is 23.4 Å². The molecule has 0 unspecified atom stereocenters. The Morgan fingerprint density at radius 3 is 2.16 bits per heavy atom. The third-order valence-electron chi connectivity index (χ3n) is 7.31. The van der Waals surface area contributed by atoms with Crippen molar-refractivity contribution in [2.24, 2.45) is 0 Å². The zero-order chi connectivity index (χ0) is 31.3. The second-order valence-corrected chi connectivity index (χ2v) is 10.2. The summed E-state index contributed by atoms with van der Waals surface area (Å²) >= 11 is 0. The first-order chi connectivity index (χ1) is 20.3. The van der Waals surface area contributed by atoms with E-state index >= 15 is 0 Å². The highest BCUT2D eigenvalue weighted by Crippen LogP contribution is 2.39. The van der Waals surface area contributed by atoms with Gasteiger partial charge in [-0.1, -0.05) is 0 Å². The van der Waals surface area contributed by atoms with E-state index in [9.17, 15) is 55.9 Å². The second-order valence-electron chi connectivity index (χ2n) is 10.2. The molecule has 10 atom stereocenters. The molecule has 0 aliphatic carbocycles. The van der Waals surface area contributed by atoms with Crippen molar-refractivity contribution in [1.29, 1.82) is 0 Å². The van der Waals surface area contributed by atoms with Crippen LogP contribution in [0.3, 0.4) is 0 Å². The number of ether oxygens (including phenoxy) is 4. The number of phenols is 4. The fourth-order valence-electron chi connectivity index (χ4n) is 4.94. The molecule has 2 aromatic carbocycles. The molecule has 1 aromatic heterocycles. The largest absolute Gasteiger partial charge is 0.508 e. The number of rotatable bonds is 6. The second kappa shape index (κ2) is 11.8. The Morgan fingerprint density at radius 2 is 1.49 bits per heavy atom. The Labute approximate surface area is 241 Å². The van der Waals surface area contributed by atoms with E-state index in [1.54, 1.807) is 0 Å². The van der Waals surface area contributed by atoms with E-state index in [1.807, 2.05) is 0 Å². The average molecular weight is 611 g/mol. The van der Waals surface area contributed by atoms with Crippen LogP contribution < -0.4 is 10.2 Å². The maximum Gasteiger partial charge on any atom is 0.239 e. The third-order valence-corrected chi connectivity index (χ3v) is 7.31.